The standard InChI is InChI=1S/C24H10N4O2/c25-11-18-21-17-9-4-8-16(23(17)30-24(21)28-20(12-26)27-18)15-7-3-6-14-13-5-1-2-10-19(13)29-22(14)15/h1-10H. The van der Waals surface area contributed by atoms with Crippen LogP contribution in [0.2, 0.25) is 0 Å². The molecule has 3 heterocycles. The summed E-state index contributed by atoms with van der Waals surface area (Å²) in [6.45, 7) is 0. The van der Waals surface area contributed by atoms with Crippen LogP contribution < -0.4 is 0 Å². The SMILES string of the molecule is N#Cc1nc(C#N)c2c(n1)oc1c(-c3cccc4c3oc3ccccc34)cccc12. The van der Waals surface area contributed by atoms with Gasteiger partial charge in [-0.25, -0.2) is 4.98 Å². The number of rotatable bonds is 1. The van der Waals surface area contributed by atoms with Gasteiger partial charge in [0.05, 0.1) is 5.39 Å². The first-order valence-corrected chi connectivity index (χ1v) is 9.22. The van der Waals surface area contributed by atoms with Gasteiger partial charge in [-0.15, -0.1) is 0 Å². The van der Waals surface area contributed by atoms with Crippen LogP contribution in [-0.2, 0) is 0 Å². The monoisotopic (exact) mass is 386 g/mol. The molecule has 0 unspecified atom stereocenters. The quantitative estimate of drug-likeness (QED) is 0.360. The van der Waals surface area contributed by atoms with E-state index in [1.54, 1.807) is 0 Å². The molecule has 138 valence electrons. The van der Waals surface area contributed by atoms with E-state index in [1.807, 2.05) is 72.8 Å². The number of furan rings is 2. The largest absolute Gasteiger partial charge is 0.455 e. The van der Waals surface area contributed by atoms with Crippen molar-refractivity contribution in [2.45, 2.75) is 0 Å². The minimum atomic E-state index is -0.0981. The Kier molecular flexibility index (Phi) is 3.21. The maximum absolute atomic E-state index is 9.54. The molecule has 0 saturated heterocycles. The molecule has 0 fully saturated rings. The molecule has 3 aromatic heterocycles. The van der Waals surface area contributed by atoms with Gasteiger partial charge in [-0.05, 0) is 6.07 Å². The molecule has 0 amide bonds. The van der Waals surface area contributed by atoms with Gasteiger partial charge in [-0.2, -0.15) is 15.5 Å². The zero-order chi connectivity index (χ0) is 20.2. The average Bonchev–Trinajstić information content (AvgIpc) is 3.36. The van der Waals surface area contributed by atoms with Crippen molar-refractivity contribution in [2.24, 2.45) is 0 Å². The molecule has 0 radical (unpaired) electrons. The lowest BCUT2D eigenvalue weighted by Gasteiger charge is -2.03. The Morgan fingerprint density at radius 1 is 0.667 bits per heavy atom. The van der Waals surface area contributed by atoms with Crippen LogP contribution in [-0.4, -0.2) is 9.97 Å². The van der Waals surface area contributed by atoms with E-state index in [0.717, 1.165) is 38.5 Å². The van der Waals surface area contributed by atoms with Crippen molar-refractivity contribution >= 4 is 44.0 Å². The number of nitrogens with zero attached hydrogens (tertiary/aromatic N) is 4. The van der Waals surface area contributed by atoms with Crippen LogP contribution in [0, 0.1) is 22.7 Å². The Bertz CT molecular complexity index is 1730. The number of benzene rings is 3. The summed E-state index contributed by atoms with van der Waals surface area (Å²) in [5, 5.41) is 22.0. The maximum Gasteiger partial charge on any atom is 0.236 e. The topological polar surface area (TPSA) is 99.6 Å². The van der Waals surface area contributed by atoms with Gasteiger partial charge in [0.2, 0.25) is 11.5 Å². The second-order valence-corrected chi connectivity index (χ2v) is 6.86. The number of nitriles is 2. The highest BCUT2D eigenvalue weighted by atomic mass is 16.3. The fraction of sp³-hybridized carbons (Fsp3) is 0. The van der Waals surface area contributed by atoms with Crippen LogP contribution in [0.1, 0.15) is 11.5 Å². The van der Waals surface area contributed by atoms with Crippen LogP contribution in [0.5, 0.6) is 0 Å². The first kappa shape index (κ1) is 16.3. The molecule has 6 rings (SSSR count). The Hall–Kier alpha value is -4.68. The number of hydrogen-bond acceptors (Lipinski definition) is 6. The minimum absolute atomic E-state index is 0.0981. The van der Waals surface area contributed by atoms with Crippen molar-refractivity contribution in [1.29, 1.82) is 10.5 Å². The summed E-state index contributed by atoms with van der Waals surface area (Å²) in [7, 11) is 0. The van der Waals surface area contributed by atoms with Crippen LogP contribution in [0.25, 0.3) is 55.1 Å². The van der Waals surface area contributed by atoms with Crippen LogP contribution in [0.15, 0.2) is 69.5 Å². The third-order valence-electron chi connectivity index (χ3n) is 5.26. The van der Waals surface area contributed by atoms with Gasteiger partial charge in [0.25, 0.3) is 0 Å². The molecule has 0 N–H and O–H groups in total. The number of hydrogen-bond donors (Lipinski definition) is 0. The summed E-state index contributed by atoms with van der Waals surface area (Å²) in [5.74, 6) is -0.0981. The van der Waals surface area contributed by atoms with Crippen molar-refractivity contribution < 1.29 is 8.83 Å². The van der Waals surface area contributed by atoms with E-state index < -0.39 is 0 Å². The predicted molar refractivity (Wildman–Crippen MR) is 111 cm³/mol. The highest BCUT2D eigenvalue weighted by Crippen LogP contribution is 2.40. The Balaban J connectivity index is 1.74. The highest BCUT2D eigenvalue weighted by molar-refractivity contribution is 6.15. The third-order valence-corrected chi connectivity index (χ3v) is 5.26. The fourth-order valence-electron chi connectivity index (χ4n) is 4.00. The lowest BCUT2D eigenvalue weighted by Crippen LogP contribution is -1.92. The van der Waals surface area contributed by atoms with Gasteiger partial charge in [0, 0.05) is 27.3 Å². The molecule has 0 bridgehead atoms. The molecular weight excluding hydrogens is 376 g/mol. The van der Waals surface area contributed by atoms with E-state index in [2.05, 4.69) is 9.97 Å². The van der Waals surface area contributed by atoms with Gasteiger partial charge in [-0.1, -0.05) is 54.6 Å². The van der Waals surface area contributed by atoms with Crippen LogP contribution >= 0.6 is 0 Å². The van der Waals surface area contributed by atoms with Crippen molar-refractivity contribution in [1.82, 2.24) is 9.97 Å². The Labute approximate surface area is 169 Å². The van der Waals surface area contributed by atoms with Gasteiger partial charge >= 0.3 is 0 Å². The first-order chi connectivity index (χ1) is 14.8. The molecule has 6 nitrogen and oxygen atoms in total. The first-order valence-electron chi connectivity index (χ1n) is 9.22. The number of fused-ring (bicyclic) bond motifs is 6. The normalized spacial score (nSPS) is 11.3. The van der Waals surface area contributed by atoms with Crippen LogP contribution in [0.4, 0.5) is 0 Å². The molecule has 6 aromatic rings. The van der Waals surface area contributed by atoms with E-state index in [-0.39, 0.29) is 17.2 Å². The lowest BCUT2D eigenvalue weighted by atomic mass is 10.00. The summed E-state index contributed by atoms with van der Waals surface area (Å²) in [4.78, 5) is 8.19. The summed E-state index contributed by atoms with van der Waals surface area (Å²) < 4.78 is 12.2. The number of para-hydroxylation sites is 3. The number of aromatic nitrogens is 2. The van der Waals surface area contributed by atoms with Crippen LogP contribution in [0.3, 0.4) is 0 Å². The molecule has 3 aromatic carbocycles. The Morgan fingerprint density at radius 3 is 2.13 bits per heavy atom. The summed E-state index contributed by atoms with van der Waals surface area (Å²) in [6.07, 6.45) is 0. The molecule has 30 heavy (non-hydrogen) atoms. The minimum Gasteiger partial charge on any atom is -0.455 e. The summed E-state index contributed by atoms with van der Waals surface area (Å²) in [5.41, 5.74) is 4.18. The second kappa shape index (κ2) is 5.91. The smallest absolute Gasteiger partial charge is 0.236 e. The average molecular weight is 386 g/mol. The second-order valence-electron chi connectivity index (χ2n) is 6.86. The van der Waals surface area contributed by atoms with Crippen molar-refractivity contribution in [3.63, 3.8) is 0 Å². The third kappa shape index (κ3) is 2.10. The van der Waals surface area contributed by atoms with E-state index in [9.17, 15) is 10.5 Å². The molecule has 0 aliphatic heterocycles. The molecule has 0 aliphatic rings. The van der Waals surface area contributed by atoms with Gasteiger partial charge in [0.1, 0.15) is 28.9 Å². The van der Waals surface area contributed by atoms with E-state index in [4.69, 9.17) is 8.83 Å². The zero-order valence-electron chi connectivity index (χ0n) is 15.4. The fourth-order valence-corrected chi connectivity index (χ4v) is 4.00. The van der Waals surface area contributed by atoms with Crippen molar-refractivity contribution in [2.75, 3.05) is 0 Å². The van der Waals surface area contributed by atoms with Crippen molar-refractivity contribution in [3.05, 3.63) is 72.2 Å². The van der Waals surface area contributed by atoms with E-state index in [1.165, 1.54) is 0 Å². The molecule has 0 saturated carbocycles. The summed E-state index contributed by atoms with van der Waals surface area (Å²) >= 11 is 0. The van der Waals surface area contributed by atoms with Gasteiger partial charge < -0.3 is 8.83 Å². The Morgan fingerprint density at radius 2 is 1.37 bits per heavy atom. The van der Waals surface area contributed by atoms with Crippen molar-refractivity contribution in [3.8, 4) is 23.3 Å². The molecule has 6 heteroatoms. The summed E-state index contributed by atoms with van der Waals surface area (Å²) in [6, 6.07) is 23.5. The predicted octanol–water partition coefficient (Wildman–Crippen LogP) is 5.69. The van der Waals surface area contributed by atoms with E-state index >= 15 is 0 Å². The highest BCUT2D eigenvalue weighted by Gasteiger charge is 2.20. The maximum atomic E-state index is 9.54. The lowest BCUT2D eigenvalue weighted by molar-refractivity contribution is 0.651. The van der Waals surface area contributed by atoms with Gasteiger partial charge in [-0.3, -0.25) is 0 Å². The van der Waals surface area contributed by atoms with E-state index in [0.29, 0.717) is 11.0 Å². The zero-order valence-corrected chi connectivity index (χ0v) is 15.4. The molecule has 0 atom stereocenters. The molecule has 0 spiro atoms. The van der Waals surface area contributed by atoms with Gasteiger partial charge in [0.15, 0.2) is 5.69 Å². The molecular formula is C24H10N4O2. The molecule has 0 aliphatic carbocycles.